The largest absolute Gasteiger partial charge is 0.462 e. The van der Waals surface area contributed by atoms with Crippen molar-refractivity contribution < 1.29 is 4.74 Å². The molecule has 21 heavy (non-hydrogen) atoms. The van der Waals surface area contributed by atoms with E-state index in [1.165, 1.54) is 16.8 Å². The molecule has 1 aromatic rings. The fourth-order valence-corrected chi connectivity index (χ4v) is 2.09. The van der Waals surface area contributed by atoms with Gasteiger partial charge in [-0.2, -0.15) is 0 Å². The Hall–Kier alpha value is -2.22. The zero-order valence-corrected chi connectivity index (χ0v) is 13.5. The molecule has 0 aliphatic carbocycles. The lowest BCUT2D eigenvalue weighted by molar-refractivity contribution is 0.318. The molecule has 0 unspecified atom stereocenters. The summed E-state index contributed by atoms with van der Waals surface area (Å²) in [4.78, 5) is 2.09. The SMILES string of the molecule is CC1=CC(=C(C)C)C=C(C=Cc2ccc(N(C)C)cc2)O1. The van der Waals surface area contributed by atoms with E-state index in [9.17, 15) is 0 Å². The predicted octanol–water partition coefficient (Wildman–Crippen LogP) is 4.92. The number of anilines is 1. The lowest BCUT2D eigenvalue weighted by atomic mass is 10.1. The fourth-order valence-electron chi connectivity index (χ4n) is 2.09. The average molecular weight is 281 g/mol. The van der Waals surface area contributed by atoms with Gasteiger partial charge in [-0.15, -0.1) is 0 Å². The van der Waals surface area contributed by atoms with Crippen molar-refractivity contribution in [3.63, 3.8) is 0 Å². The molecule has 1 heterocycles. The number of ether oxygens (including phenoxy) is 1. The molecule has 2 rings (SSSR count). The molecule has 0 N–H and O–H groups in total. The maximum atomic E-state index is 5.74. The zero-order valence-electron chi connectivity index (χ0n) is 13.5. The summed E-state index contributed by atoms with van der Waals surface area (Å²) in [5.74, 6) is 1.80. The first-order valence-electron chi connectivity index (χ1n) is 7.16. The maximum Gasteiger partial charge on any atom is 0.127 e. The van der Waals surface area contributed by atoms with Gasteiger partial charge in [-0.1, -0.05) is 23.8 Å². The highest BCUT2D eigenvalue weighted by Crippen LogP contribution is 2.23. The molecule has 0 amide bonds. The summed E-state index contributed by atoms with van der Waals surface area (Å²) in [7, 11) is 4.09. The van der Waals surface area contributed by atoms with Gasteiger partial charge in [-0.25, -0.2) is 0 Å². The fraction of sp³-hybridized carbons (Fsp3) is 0.263. The number of allylic oxidation sites excluding steroid dienone is 6. The van der Waals surface area contributed by atoms with Crippen molar-refractivity contribution in [3.05, 3.63) is 70.7 Å². The Labute approximate surface area is 127 Å². The lowest BCUT2D eigenvalue weighted by Crippen LogP contribution is -2.07. The summed E-state index contributed by atoms with van der Waals surface area (Å²) < 4.78 is 5.74. The molecular weight excluding hydrogens is 258 g/mol. The Morgan fingerprint density at radius 1 is 1.00 bits per heavy atom. The minimum Gasteiger partial charge on any atom is -0.462 e. The summed E-state index contributed by atoms with van der Waals surface area (Å²) in [6, 6.07) is 8.45. The van der Waals surface area contributed by atoms with Crippen LogP contribution in [0, 0.1) is 0 Å². The van der Waals surface area contributed by atoms with E-state index in [2.05, 4.69) is 61.2 Å². The summed E-state index contributed by atoms with van der Waals surface area (Å²) in [6.07, 6.45) is 8.24. The normalized spacial score (nSPS) is 14.6. The molecule has 0 fully saturated rings. The number of hydrogen-bond donors (Lipinski definition) is 0. The Balaban J connectivity index is 2.16. The second-order valence-corrected chi connectivity index (χ2v) is 5.68. The minimum absolute atomic E-state index is 0.878. The van der Waals surface area contributed by atoms with Gasteiger partial charge in [0.2, 0.25) is 0 Å². The van der Waals surface area contributed by atoms with Crippen molar-refractivity contribution >= 4 is 11.8 Å². The van der Waals surface area contributed by atoms with Crippen molar-refractivity contribution in [3.8, 4) is 0 Å². The molecule has 0 spiro atoms. The van der Waals surface area contributed by atoms with Gasteiger partial charge >= 0.3 is 0 Å². The van der Waals surface area contributed by atoms with E-state index in [4.69, 9.17) is 4.74 Å². The maximum absolute atomic E-state index is 5.74. The summed E-state index contributed by atoms with van der Waals surface area (Å²) in [5, 5.41) is 0. The first-order chi connectivity index (χ1) is 9.95. The molecule has 0 radical (unpaired) electrons. The third-order valence-electron chi connectivity index (χ3n) is 3.36. The standard InChI is InChI=1S/C19H23NO/c1-14(2)17-12-15(3)21-19(13-17)11-8-16-6-9-18(10-7-16)20(4)5/h6-13H,1-5H3. The van der Waals surface area contributed by atoms with Crippen LogP contribution in [0.25, 0.3) is 6.08 Å². The first kappa shape index (κ1) is 15.2. The number of benzene rings is 1. The number of nitrogens with zero attached hydrogens (tertiary/aromatic N) is 1. The Morgan fingerprint density at radius 3 is 2.24 bits per heavy atom. The van der Waals surface area contributed by atoms with E-state index in [-0.39, 0.29) is 0 Å². The minimum atomic E-state index is 0.878. The van der Waals surface area contributed by atoms with E-state index in [1.807, 2.05) is 27.1 Å². The highest BCUT2D eigenvalue weighted by molar-refractivity contribution is 5.58. The lowest BCUT2D eigenvalue weighted by Gasteiger charge is -2.14. The van der Waals surface area contributed by atoms with Crippen LogP contribution in [0.15, 0.2) is 65.2 Å². The average Bonchev–Trinajstić information content (AvgIpc) is 2.45. The van der Waals surface area contributed by atoms with Crippen LogP contribution in [0.1, 0.15) is 26.3 Å². The van der Waals surface area contributed by atoms with Gasteiger partial charge in [0.25, 0.3) is 0 Å². The predicted molar refractivity (Wildman–Crippen MR) is 91.1 cm³/mol. The van der Waals surface area contributed by atoms with Gasteiger partial charge in [-0.3, -0.25) is 0 Å². The van der Waals surface area contributed by atoms with E-state index in [1.54, 1.807) is 0 Å². The van der Waals surface area contributed by atoms with E-state index >= 15 is 0 Å². The molecule has 0 atom stereocenters. The smallest absolute Gasteiger partial charge is 0.127 e. The molecule has 1 aliphatic rings. The van der Waals surface area contributed by atoms with Gasteiger partial charge in [0.05, 0.1) is 0 Å². The van der Waals surface area contributed by atoms with Gasteiger partial charge < -0.3 is 9.64 Å². The zero-order chi connectivity index (χ0) is 15.4. The van der Waals surface area contributed by atoms with Gasteiger partial charge in [-0.05, 0) is 62.3 Å². The number of rotatable bonds is 3. The van der Waals surface area contributed by atoms with Crippen molar-refractivity contribution in [1.29, 1.82) is 0 Å². The molecule has 2 heteroatoms. The second kappa shape index (κ2) is 6.49. The van der Waals surface area contributed by atoms with Crippen LogP contribution in [-0.4, -0.2) is 14.1 Å². The number of hydrogen-bond acceptors (Lipinski definition) is 2. The summed E-state index contributed by atoms with van der Waals surface area (Å²) >= 11 is 0. The monoisotopic (exact) mass is 281 g/mol. The van der Waals surface area contributed by atoms with Crippen molar-refractivity contribution in [2.45, 2.75) is 20.8 Å². The molecule has 1 aromatic carbocycles. The third kappa shape index (κ3) is 4.12. The molecular formula is C19H23NO. The van der Waals surface area contributed by atoms with Crippen molar-refractivity contribution in [2.24, 2.45) is 0 Å². The van der Waals surface area contributed by atoms with E-state index in [0.29, 0.717) is 0 Å². The molecule has 2 nitrogen and oxygen atoms in total. The van der Waals surface area contributed by atoms with Crippen LogP contribution < -0.4 is 4.90 Å². The first-order valence-corrected chi connectivity index (χ1v) is 7.16. The molecule has 1 aliphatic heterocycles. The molecule has 0 saturated carbocycles. The van der Waals surface area contributed by atoms with Crippen LogP contribution in [-0.2, 0) is 4.74 Å². The third-order valence-corrected chi connectivity index (χ3v) is 3.36. The van der Waals surface area contributed by atoms with E-state index < -0.39 is 0 Å². The van der Waals surface area contributed by atoms with Crippen molar-refractivity contribution in [2.75, 3.05) is 19.0 Å². The van der Waals surface area contributed by atoms with Crippen LogP contribution in [0.5, 0.6) is 0 Å². The molecule has 110 valence electrons. The highest BCUT2D eigenvalue weighted by atomic mass is 16.5. The van der Waals surface area contributed by atoms with Gasteiger partial charge in [0.15, 0.2) is 0 Å². The quantitative estimate of drug-likeness (QED) is 0.779. The van der Waals surface area contributed by atoms with Gasteiger partial charge in [0, 0.05) is 19.8 Å². The Bertz CT molecular complexity index is 624. The summed E-state index contributed by atoms with van der Waals surface area (Å²) in [5.41, 5.74) is 4.88. The molecule has 0 bridgehead atoms. The second-order valence-electron chi connectivity index (χ2n) is 5.68. The van der Waals surface area contributed by atoms with Crippen LogP contribution in [0.2, 0.25) is 0 Å². The van der Waals surface area contributed by atoms with Crippen molar-refractivity contribution in [1.82, 2.24) is 0 Å². The summed E-state index contributed by atoms with van der Waals surface area (Å²) in [6.45, 7) is 6.21. The highest BCUT2D eigenvalue weighted by Gasteiger charge is 2.06. The molecule has 0 saturated heterocycles. The molecule has 0 aromatic heterocycles. The van der Waals surface area contributed by atoms with Crippen LogP contribution >= 0.6 is 0 Å². The van der Waals surface area contributed by atoms with Gasteiger partial charge in [0.1, 0.15) is 11.5 Å². The topological polar surface area (TPSA) is 12.5 Å². The van der Waals surface area contributed by atoms with Crippen LogP contribution in [0.3, 0.4) is 0 Å². The van der Waals surface area contributed by atoms with Crippen LogP contribution in [0.4, 0.5) is 5.69 Å². The Morgan fingerprint density at radius 2 is 1.67 bits per heavy atom. The van der Waals surface area contributed by atoms with E-state index in [0.717, 1.165) is 17.1 Å². The Kier molecular flexibility index (Phi) is 4.69.